The molecule has 0 radical (unpaired) electrons. The number of benzene rings is 1. The summed E-state index contributed by atoms with van der Waals surface area (Å²) in [7, 11) is 0. The van der Waals surface area contributed by atoms with Crippen LogP contribution in [-0.4, -0.2) is 42.0 Å². The number of anilines is 2. The van der Waals surface area contributed by atoms with Gasteiger partial charge in [-0.3, -0.25) is 14.6 Å². The first-order chi connectivity index (χ1) is 14.1. The predicted octanol–water partition coefficient (Wildman–Crippen LogP) is 1.54. The van der Waals surface area contributed by atoms with E-state index in [1.54, 1.807) is 6.20 Å². The van der Waals surface area contributed by atoms with Crippen LogP contribution in [0, 0.1) is 0 Å². The highest BCUT2D eigenvalue weighted by atomic mass is 16.5. The Hall–Kier alpha value is -3.03. The largest absolute Gasteiger partial charge is 0.394 e. The maximum absolute atomic E-state index is 12.2. The van der Waals surface area contributed by atoms with E-state index in [2.05, 4.69) is 15.2 Å². The van der Waals surface area contributed by atoms with Gasteiger partial charge in [-0.2, -0.15) is 0 Å². The van der Waals surface area contributed by atoms with E-state index in [4.69, 9.17) is 4.74 Å². The molecule has 1 aromatic heterocycles. The highest BCUT2D eigenvalue weighted by Crippen LogP contribution is 2.27. The van der Waals surface area contributed by atoms with Crippen molar-refractivity contribution < 1.29 is 9.84 Å². The molecule has 2 aromatic carbocycles. The standard InChI is InChI=1S/C22H23N3O4/c1-14-11-25(12-18(13-26)29-14)17-7-5-15(6-8-17)19-20(22(28)21(19)27)24-10-16-4-2-3-9-23-16/h2-9,14,18,24,26H,10-13H2,1H3. The van der Waals surface area contributed by atoms with E-state index in [9.17, 15) is 14.7 Å². The van der Waals surface area contributed by atoms with Gasteiger partial charge in [-0.25, -0.2) is 0 Å². The van der Waals surface area contributed by atoms with E-state index in [1.807, 2.05) is 49.4 Å². The zero-order chi connectivity index (χ0) is 20.4. The number of aromatic nitrogens is 1. The first kappa shape index (κ1) is 19.3. The maximum Gasteiger partial charge on any atom is 0.250 e. The fraction of sp³-hybridized carbons (Fsp3) is 0.318. The van der Waals surface area contributed by atoms with E-state index >= 15 is 0 Å². The number of hydrogen-bond donors (Lipinski definition) is 2. The van der Waals surface area contributed by atoms with E-state index in [0.717, 1.165) is 17.9 Å². The van der Waals surface area contributed by atoms with Crippen LogP contribution in [0.1, 0.15) is 12.6 Å². The van der Waals surface area contributed by atoms with E-state index in [1.165, 1.54) is 0 Å². The second-order valence-corrected chi connectivity index (χ2v) is 7.29. The van der Waals surface area contributed by atoms with Crippen molar-refractivity contribution in [2.45, 2.75) is 25.7 Å². The lowest BCUT2D eigenvalue weighted by Crippen LogP contribution is -2.48. The van der Waals surface area contributed by atoms with Crippen LogP contribution >= 0.6 is 0 Å². The van der Waals surface area contributed by atoms with Crippen molar-refractivity contribution in [1.29, 1.82) is 0 Å². The number of nitrogens with one attached hydrogen (secondary N) is 1. The van der Waals surface area contributed by atoms with Gasteiger partial charge in [0, 0.05) is 25.0 Å². The molecule has 150 valence electrons. The summed E-state index contributed by atoms with van der Waals surface area (Å²) in [6, 6.07) is 13.1. The highest BCUT2D eigenvalue weighted by Gasteiger charge is 2.26. The lowest BCUT2D eigenvalue weighted by atomic mass is 9.98. The van der Waals surface area contributed by atoms with Crippen molar-refractivity contribution in [3.05, 3.63) is 74.8 Å². The molecule has 0 amide bonds. The minimum Gasteiger partial charge on any atom is -0.394 e. The van der Waals surface area contributed by atoms with Crippen molar-refractivity contribution in [2.75, 3.05) is 29.9 Å². The van der Waals surface area contributed by atoms with Gasteiger partial charge in [-0.15, -0.1) is 0 Å². The third kappa shape index (κ3) is 3.92. The average Bonchev–Trinajstić information content (AvgIpc) is 2.76. The summed E-state index contributed by atoms with van der Waals surface area (Å²) in [5.74, 6) is 0. The minimum absolute atomic E-state index is 0.0201. The molecule has 3 aromatic rings. The summed E-state index contributed by atoms with van der Waals surface area (Å²) in [6.45, 7) is 3.68. The van der Waals surface area contributed by atoms with Gasteiger partial charge in [-0.05, 0) is 36.8 Å². The Kier molecular flexibility index (Phi) is 5.42. The summed E-state index contributed by atoms with van der Waals surface area (Å²) >= 11 is 0. The first-order valence-corrected chi connectivity index (χ1v) is 9.65. The Morgan fingerprint density at radius 3 is 2.62 bits per heavy atom. The van der Waals surface area contributed by atoms with Crippen LogP contribution in [0.2, 0.25) is 0 Å². The fourth-order valence-electron chi connectivity index (χ4n) is 3.71. The molecule has 0 spiro atoms. The van der Waals surface area contributed by atoms with Gasteiger partial charge in [0.15, 0.2) is 0 Å². The van der Waals surface area contributed by atoms with Crippen LogP contribution in [0.4, 0.5) is 11.4 Å². The van der Waals surface area contributed by atoms with Crippen LogP contribution in [0.3, 0.4) is 0 Å². The van der Waals surface area contributed by atoms with Crippen molar-refractivity contribution in [1.82, 2.24) is 4.98 Å². The number of rotatable bonds is 6. The van der Waals surface area contributed by atoms with Gasteiger partial charge in [-0.1, -0.05) is 18.2 Å². The molecular formula is C22H23N3O4. The third-order valence-electron chi connectivity index (χ3n) is 5.13. The number of pyridine rings is 1. The van der Waals surface area contributed by atoms with Gasteiger partial charge >= 0.3 is 0 Å². The number of aliphatic hydroxyl groups is 1. The monoisotopic (exact) mass is 393 g/mol. The van der Waals surface area contributed by atoms with Crippen molar-refractivity contribution >= 4 is 11.4 Å². The van der Waals surface area contributed by atoms with Gasteiger partial charge in [0.2, 0.25) is 10.9 Å². The van der Waals surface area contributed by atoms with Crippen molar-refractivity contribution in [2.24, 2.45) is 0 Å². The molecule has 4 rings (SSSR count). The van der Waals surface area contributed by atoms with Gasteiger partial charge in [0.25, 0.3) is 0 Å². The Balaban J connectivity index is 1.52. The summed E-state index contributed by atoms with van der Waals surface area (Å²) in [6.07, 6.45) is 1.50. The Bertz CT molecular complexity index is 1040. The second-order valence-electron chi connectivity index (χ2n) is 7.29. The molecule has 0 saturated carbocycles. The smallest absolute Gasteiger partial charge is 0.250 e. The fourth-order valence-corrected chi connectivity index (χ4v) is 3.71. The number of aliphatic hydroxyl groups excluding tert-OH is 1. The maximum atomic E-state index is 12.2. The van der Waals surface area contributed by atoms with Crippen LogP contribution < -0.4 is 21.1 Å². The number of nitrogens with zero attached hydrogens (tertiary/aromatic N) is 2. The molecule has 1 saturated heterocycles. The summed E-state index contributed by atoms with van der Waals surface area (Å²) in [5.41, 5.74) is 2.29. The van der Waals surface area contributed by atoms with E-state index in [0.29, 0.717) is 29.9 Å². The van der Waals surface area contributed by atoms with Crippen LogP contribution in [0.15, 0.2) is 58.3 Å². The van der Waals surface area contributed by atoms with Crippen molar-refractivity contribution in [3.63, 3.8) is 0 Å². The van der Waals surface area contributed by atoms with E-state index in [-0.39, 0.29) is 18.8 Å². The normalized spacial score (nSPS) is 19.4. The SMILES string of the molecule is CC1CN(c2ccc(-c3c(NCc4ccccn4)c(=O)c3=O)cc2)CC(CO)O1. The summed E-state index contributed by atoms with van der Waals surface area (Å²) in [4.78, 5) is 30.6. The Morgan fingerprint density at radius 2 is 1.93 bits per heavy atom. The Morgan fingerprint density at radius 1 is 1.14 bits per heavy atom. The molecule has 2 unspecified atom stereocenters. The molecule has 29 heavy (non-hydrogen) atoms. The molecule has 0 bridgehead atoms. The first-order valence-electron chi connectivity index (χ1n) is 9.65. The number of morpholine rings is 1. The zero-order valence-corrected chi connectivity index (χ0v) is 16.2. The zero-order valence-electron chi connectivity index (χ0n) is 16.2. The van der Waals surface area contributed by atoms with Gasteiger partial charge in [0.05, 0.1) is 42.3 Å². The predicted molar refractivity (Wildman–Crippen MR) is 112 cm³/mol. The molecule has 2 atom stereocenters. The van der Waals surface area contributed by atoms with Crippen LogP contribution in [0.25, 0.3) is 11.1 Å². The molecular weight excluding hydrogens is 370 g/mol. The number of ether oxygens (including phenoxy) is 1. The van der Waals surface area contributed by atoms with Crippen molar-refractivity contribution in [3.8, 4) is 11.1 Å². The van der Waals surface area contributed by atoms with E-state index < -0.39 is 10.9 Å². The van der Waals surface area contributed by atoms with Gasteiger partial charge in [0.1, 0.15) is 0 Å². The molecule has 1 fully saturated rings. The highest BCUT2D eigenvalue weighted by molar-refractivity contribution is 5.82. The van der Waals surface area contributed by atoms with Gasteiger partial charge < -0.3 is 20.1 Å². The topological polar surface area (TPSA) is 91.8 Å². The lowest BCUT2D eigenvalue weighted by Gasteiger charge is -2.37. The minimum atomic E-state index is -0.493. The third-order valence-corrected chi connectivity index (χ3v) is 5.13. The molecule has 7 heteroatoms. The number of hydrogen-bond acceptors (Lipinski definition) is 7. The second kappa shape index (κ2) is 8.14. The lowest BCUT2D eigenvalue weighted by molar-refractivity contribution is -0.0421. The summed E-state index contributed by atoms with van der Waals surface area (Å²) < 4.78 is 5.68. The summed E-state index contributed by atoms with van der Waals surface area (Å²) in [5, 5.41) is 12.5. The molecule has 2 heterocycles. The Labute approximate surface area is 168 Å². The molecule has 7 nitrogen and oxygen atoms in total. The molecule has 1 aliphatic rings. The quantitative estimate of drug-likeness (QED) is 0.614. The van der Waals surface area contributed by atoms with Crippen LogP contribution in [0.5, 0.6) is 0 Å². The molecule has 1 aliphatic heterocycles. The average molecular weight is 393 g/mol. The molecule has 0 aliphatic carbocycles. The van der Waals surface area contributed by atoms with Crippen LogP contribution in [-0.2, 0) is 11.3 Å². The molecule has 2 N–H and O–H groups in total.